The molecule has 0 aliphatic carbocycles. The first-order valence-corrected chi connectivity index (χ1v) is 7.64. The van der Waals surface area contributed by atoms with E-state index in [0.717, 1.165) is 0 Å². The number of nitrogens with zero attached hydrogens (tertiary/aromatic N) is 1. The predicted molar refractivity (Wildman–Crippen MR) is 93.1 cm³/mol. The van der Waals surface area contributed by atoms with Crippen molar-refractivity contribution in [3.8, 4) is 17.2 Å². The Hall–Kier alpha value is -3.35. The van der Waals surface area contributed by atoms with E-state index in [1.807, 2.05) is 0 Å². The molecular weight excluding hydrogens is 341 g/mol. The summed E-state index contributed by atoms with van der Waals surface area (Å²) >= 11 is 0. The second-order valence-electron chi connectivity index (χ2n) is 5.30. The molecule has 0 fully saturated rings. The highest BCUT2D eigenvalue weighted by Crippen LogP contribution is 2.39. The van der Waals surface area contributed by atoms with Gasteiger partial charge in [0.25, 0.3) is 0 Å². The number of aliphatic imine (C=N–C) groups is 1. The van der Waals surface area contributed by atoms with Gasteiger partial charge >= 0.3 is 5.97 Å². The van der Waals surface area contributed by atoms with E-state index in [4.69, 9.17) is 18.9 Å². The van der Waals surface area contributed by atoms with Crippen LogP contribution in [0.5, 0.6) is 17.2 Å². The summed E-state index contributed by atoms with van der Waals surface area (Å²) in [6.07, 6.45) is 1.52. The highest BCUT2D eigenvalue weighted by molar-refractivity contribution is 6.13. The number of methoxy groups -OCH3 is 3. The molecule has 2 aromatic rings. The zero-order chi connectivity index (χ0) is 18.7. The molecular formula is C19H16FNO5. The third kappa shape index (κ3) is 3.37. The molecule has 0 saturated carbocycles. The van der Waals surface area contributed by atoms with Crippen LogP contribution >= 0.6 is 0 Å². The van der Waals surface area contributed by atoms with Crippen molar-refractivity contribution in [3.05, 3.63) is 59.0 Å². The van der Waals surface area contributed by atoms with Crippen molar-refractivity contribution in [1.29, 1.82) is 0 Å². The van der Waals surface area contributed by atoms with Crippen molar-refractivity contribution in [2.75, 3.05) is 21.3 Å². The molecule has 0 unspecified atom stereocenters. The van der Waals surface area contributed by atoms with Gasteiger partial charge in [-0.1, -0.05) is 12.1 Å². The zero-order valence-electron chi connectivity index (χ0n) is 14.4. The molecule has 1 aliphatic rings. The van der Waals surface area contributed by atoms with Crippen molar-refractivity contribution in [2.24, 2.45) is 4.99 Å². The first kappa shape index (κ1) is 17.5. The van der Waals surface area contributed by atoms with Gasteiger partial charge in [0.1, 0.15) is 5.82 Å². The van der Waals surface area contributed by atoms with Crippen LogP contribution in [0.3, 0.4) is 0 Å². The van der Waals surface area contributed by atoms with E-state index in [9.17, 15) is 9.18 Å². The summed E-state index contributed by atoms with van der Waals surface area (Å²) in [7, 11) is 4.48. The van der Waals surface area contributed by atoms with Gasteiger partial charge in [0.05, 0.1) is 21.3 Å². The molecule has 3 rings (SSSR count). The number of hydrogen-bond donors (Lipinski definition) is 0. The van der Waals surface area contributed by atoms with E-state index in [-0.39, 0.29) is 17.4 Å². The molecule has 7 heteroatoms. The average molecular weight is 357 g/mol. The normalized spacial score (nSPS) is 14.8. The van der Waals surface area contributed by atoms with Crippen molar-refractivity contribution in [3.63, 3.8) is 0 Å². The first-order chi connectivity index (χ1) is 12.5. The summed E-state index contributed by atoms with van der Waals surface area (Å²) < 4.78 is 34.1. The van der Waals surface area contributed by atoms with Crippen LogP contribution in [0.15, 0.2) is 47.1 Å². The number of carbonyl (C=O) groups excluding carboxylic acids is 1. The summed E-state index contributed by atoms with van der Waals surface area (Å²) in [5.41, 5.74) is 1.24. The fraction of sp³-hybridized carbons (Fsp3) is 0.158. The molecule has 0 spiro atoms. The Kier molecular flexibility index (Phi) is 4.88. The van der Waals surface area contributed by atoms with Gasteiger partial charge in [-0.3, -0.25) is 0 Å². The molecule has 0 atom stereocenters. The van der Waals surface area contributed by atoms with Crippen LogP contribution in [-0.4, -0.2) is 33.2 Å². The highest BCUT2D eigenvalue weighted by Gasteiger charge is 2.26. The van der Waals surface area contributed by atoms with Gasteiger partial charge in [0.15, 0.2) is 17.2 Å². The van der Waals surface area contributed by atoms with Crippen molar-refractivity contribution in [1.82, 2.24) is 0 Å². The lowest BCUT2D eigenvalue weighted by Crippen LogP contribution is -2.06. The van der Waals surface area contributed by atoms with Gasteiger partial charge < -0.3 is 18.9 Å². The number of ether oxygens (including phenoxy) is 4. The van der Waals surface area contributed by atoms with Crippen LogP contribution in [0.2, 0.25) is 0 Å². The van der Waals surface area contributed by atoms with Crippen molar-refractivity contribution >= 4 is 17.9 Å². The number of cyclic esters (lactones) is 1. The number of halogens is 1. The molecule has 1 heterocycles. The van der Waals surface area contributed by atoms with Gasteiger partial charge in [0, 0.05) is 5.56 Å². The maximum Gasteiger partial charge on any atom is 0.363 e. The third-order valence-electron chi connectivity index (χ3n) is 3.71. The fourth-order valence-corrected chi connectivity index (χ4v) is 2.45. The second-order valence-corrected chi connectivity index (χ2v) is 5.30. The summed E-state index contributed by atoms with van der Waals surface area (Å²) in [6.45, 7) is 0. The number of rotatable bonds is 5. The molecule has 0 bridgehead atoms. The number of esters is 1. The van der Waals surface area contributed by atoms with E-state index < -0.39 is 5.97 Å². The van der Waals surface area contributed by atoms with E-state index in [1.165, 1.54) is 39.5 Å². The quantitative estimate of drug-likeness (QED) is 0.607. The van der Waals surface area contributed by atoms with Gasteiger partial charge in [-0.25, -0.2) is 14.2 Å². The minimum absolute atomic E-state index is 0.111. The molecule has 0 amide bonds. The Morgan fingerprint density at radius 1 is 1.00 bits per heavy atom. The standard InChI is InChI=1S/C19H16FNO5/c1-23-15-9-12(10-16(24-2)17(15)25-3)18-21-14(19(22)26-18)8-11-4-6-13(20)7-5-11/h4-10H,1-3H3/b14-8-. The van der Waals surface area contributed by atoms with Crippen molar-refractivity contribution < 1.29 is 28.1 Å². The van der Waals surface area contributed by atoms with Crippen molar-refractivity contribution in [2.45, 2.75) is 0 Å². The summed E-state index contributed by atoms with van der Waals surface area (Å²) in [5, 5.41) is 0. The first-order valence-electron chi connectivity index (χ1n) is 7.64. The Morgan fingerprint density at radius 2 is 1.62 bits per heavy atom. The zero-order valence-corrected chi connectivity index (χ0v) is 14.4. The van der Waals surface area contributed by atoms with E-state index in [2.05, 4.69) is 4.99 Å². The lowest BCUT2D eigenvalue weighted by Gasteiger charge is -2.13. The highest BCUT2D eigenvalue weighted by atomic mass is 19.1. The summed E-state index contributed by atoms with van der Waals surface area (Å²) in [4.78, 5) is 16.3. The maximum absolute atomic E-state index is 13.0. The summed E-state index contributed by atoms with van der Waals surface area (Å²) in [5.74, 6) is 0.405. The average Bonchev–Trinajstić information content (AvgIpc) is 3.02. The summed E-state index contributed by atoms with van der Waals surface area (Å²) in [6, 6.07) is 8.96. The molecule has 6 nitrogen and oxygen atoms in total. The minimum atomic E-state index is -0.599. The van der Waals surface area contributed by atoms with Gasteiger partial charge in [-0.05, 0) is 35.9 Å². The molecule has 26 heavy (non-hydrogen) atoms. The Morgan fingerprint density at radius 3 is 2.15 bits per heavy atom. The van der Waals surface area contributed by atoms with Gasteiger partial charge in [0.2, 0.25) is 11.6 Å². The lowest BCUT2D eigenvalue weighted by atomic mass is 10.1. The predicted octanol–water partition coefficient (Wildman–Crippen LogP) is 3.20. The van der Waals surface area contributed by atoms with Crippen LogP contribution in [0.4, 0.5) is 4.39 Å². The van der Waals surface area contributed by atoms with Crippen LogP contribution in [0.25, 0.3) is 6.08 Å². The number of carbonyl (C=O) groups is 1. The molecule has 0 aromatic heterocycles. The lowest BCUT2D eigenvalue weighted by molar-refractivity contribution is -0.129. The van der Waals surface area contributed by atoms with Gasteiger partial charge in [-0.2, -0.15) is 0 Å². The van der Waals surface area contributed by atoms with Crippen LogP contribution in [0, 0.1) is 5.82 Å². The third-order valence-corrected chi connectivity index (χ3v) is 3.71. The molecule has 0 radical (unpaired) electrons. The van der Waals surface area contributed by atoms with E-state index in [1.54, 1.807) is 24.3 Å². The Bertz CT molecular complexity index is 878. The second kappa shape index (κ2) is 7.26. The smallest absolute Gasteiger partial charge is 0.363 e. The Balaban J connectivity index is 1.99. The molecule has 134 valence electrons. The number of benzene rings is 2. The topological polar surface area (TPSA) is 66.4 Å². The van der Waals surface area contributed by atoms with Gasteiger partial charge in [-0.15, -0.1) is 0 Å². The molecule has 0 N–H and O–H groups in total. The monoisotopic (exact) mass is 357 g/mol. The molecule has 0 saturated heterocycles. The van der Waals surface area contributed by atoms with Crippen LogP contribution in [-0.2, 0) is 9.53 Å². The van der Waals surface area contributed by atoms with Crippen LogP contribution < -0.4 is 14.2 Å². The largest absolute Gasteiger partial charge is 0.493 e. The Labute approximate surface area is 149 Å². The van der Waals surface area contributed by atoms with E-state index in [0.29, 0.717) is 28.4 Å². The number of hydrogen-bond acceptors (Lipinski definition) is 6. The van der Waals surface area contributed by atoms with E-state index >= 15 is 0 Å². The van der Waals surface area contributed by atoms with Crippen LogP contribution in [0.1, 0.15) is 11.1 Å². The SMILES string of the molecule is COc1cc(C2=N/C(=C\c3ccc(F)cc3)C(=O)O2)cc(OC)c1OC. The minimum Gasteiger partial charge on any atom is -0.493 e. The molecule has 1 aliphatic heterocycles. The fourth-order valence-electron chi connectivity index (χ4n) is 2.45. The molecule has 2 aromatic carbocycles. The maximum atomic E-state index is 13.0.